The number of nitrogens with zero attached hydrogens (tertiary/aromatic N) is 1. The Balaban J connectivity index is 2.09. The molecule has 3 nitrogen and oxygen atoms in total. The van der Waals surface area contributed by atoms with Gasteiger partial charge in [0.15, 0.2) is 5.11 Å². The Hall–Kier alpha value is -1.94. The molecule has 0 amide bonds. The highest BCUT2D eigenvalue weighted by atomic mass is 32.1. The fraction of sp³-hybridized carbons (Fsp3) is 0.143. The fourth-order valence-electron chi connectivity index (χ4n) is 2.55. The van der Waals surface area contributed by atoms with E-state index in [0.29, 0.717) is 0 Å². The van der Waals surface area contributed by atoms with Gasteiger partial charge in [0.2, 0.25) is 0 Å². The van der Waals surface area contributed by atoms with Crippen LogP contribution >= 0.6 is 12.2 Å². The average Bonchev–Trinajstić information content (AvgIpc) is 2.77. The van der Waals surface area contributed by atoms with Gasteiger partial charge >= 0.3 is 0 Å². The normalized spacial score (nSPS) is 13.3. The van der Waals surface area contributed by atoms with Gasteiger partial charge in [-0.3, -0.25) is 5.43 Å². The summed E-state index contributed by atoms with van der Waals surface area (Å²) < 4.78 is 0. The lowest BCUT2D eigenvalue weighted by atomic mass is 10.0. The minimum Gasteiger partial charge on any atom is -0.375 e. The first-order chi connectivity index (χ1) is 8.75. The van der Waals surface area contributed by atoms with Crippen LogP contribution < -0.4 is 11.2 Å². The molecule has 3 rings (SSSR count). The summed E-state index contributed by atoms with van der Waals surface area (Å²) >= 11 is 4.71. The molecule has 0 saturated carbocycles. The predicted octanol–water partition coefficient (Wildman–Crippen LogP) is 2.11. The molecule has 4 heteroatoms. The van der Waals surface area contributed by atoms with Crippen LogP contribution in [0, 0.1) is 0 Å². The van der Waals surface area contributed by atoms with Gasteiger partial charge in [0.05, 0.1) is 6.21 Å². The van der Waals surface area contributed by atoms with E-state index in [1.165, 1.54) is 21.9 Å². The van der Waals surface area contributed by atoms with E-state index in [2.05, 4.69) is 40.9 Å². The third-order valence-electron chi connectivity index (χ3n) is 3.29. The molecule has 3 N–H and O–H groups in total. The van der Waals surface area contributed by atoms with Crippen molar-refractivity contribution in [2.24, 2.45) is 10.8 Å². The Kier molecular flexibility index (Phi) is 2.72. The molecule has 0 aliphatic heterocycles. The third-order valence-corrected chi connectivity index (χ3v) is 3.38. The molecular weight excluding hydrogens is 242 g/mol. The van der Waals surface area contributed by atoms with Crippen LogP contribution in [0.4, 0.5) is 0 Å². The van der Waals surface area contributed by atoms with Crippen molar-refractivity contribution >= 4 is 34.3 Å². The Morgan fingerprint density at radius 1 is 1.22 bits per heavy atom. The van der Waals surface area contributed by atoms with Gasteiger partial charge in [0.25, 0.3) is 0 Å². The maximum absolute atomic E-state index is 5.33. The molecule has 0 bridgehead atoms. The van der Waals surface area contributed by atoms with E-state index in [1.54, 1.807) is 6.21 Å². The first kappa shape index (κ1) is 11.2. The molecule has 18 heavy (non-hydrogen) atoms. The molecule has 90 valence electrons. The van der Waals surface area contributed by atoms with E-state index in [-0.39, 0.29) is 5.11 Å². The van der Waals surface area contributed by atoms with Gasteiger partial charge in [0, 0.05) is 5.56 Å². The van der Waals surface area contributed by atoms with Crippen molar-refractivity contribution in [3.05, 3.63) is 47.0 Å². The van der Waals surface area contributed by atoms with E-state index in [9.17, 15) is 0 Å². The number of nitrogens with one attached hydrogen (secondary N) is 1. The monoisotopic (exact) mass is 255 g/mol. The first-order valence-corrected chi connectivity index (χ1v) is 6.28. The van der Waals surface area contributed by atoms with Crippen molar-refractivity contribution in [3.63, 3.8) is 0 Å². The summed E-state index contributed by atoms with van der Waals surface area (Å²) in [6.07, 6.45) is 4.04. The van der Waals surface area contributed by atoms with Gasteiger partial charge < -0.3 is 5.73 Å². The number of rotatable bonds is 2. The molecule has 2 aromatic rings. The van der Waals surface area contributed by atoms with E-state index in [4.69, 9.17) is 18.0 Å². The third kappa shape index (κ3) is 1.84. The standard InChI is InChI=1S/C14H13N3S/c15-14(18)17-16-8-11-7-6-10-5-4-9-2-1-3-12(11)13(9)10/h1-3,6-8H,4-5H2,(H3,15,17,18)/b16-8-. The zero-order valence-electron chi connectivity index (χ0n) is 9.81. The molecular formula is C14H13N3S. The zero-order valence-corrected chi connectivity index (χ0v) is 10.6. The van der Waals surface area contributed by atoms with Gasteiger partial charge in [-0.1, -0.05) is 30.3 Å². The number of nitrogens with two attached hydrogens (primary N) is 1. The summed E-state index contributed by atoms with van der Waals surface area (Å²) in [6.45, 7) is 0. The molecule has 0 unspecified atom stereocenters. The molecule has 1 aliphatic carbocycles. The summed E-state index contributed by atoms with van der Waals surface area (Å²) in [5.74, 6) is 0. The largest absolute Gasteiger partial charge is 0.375 e. The second kappa shape index (κ2) is 4.38. The molecule has 0 radical (unpaired) electrons. The lowest BCUT2D eigenvalue weighted by Gasteiger charge is -2.05. The number of hydrogen-bond donors (Lipinski definition) is 2. The van der Waals surface area contributed by atoms with Gasteiger partial charge in [-0.15, -0.1) is 0 Å². The summed E-state index contributed by atoms with van der Waals surface area (Å²) in [5, 5.41) is 6.84. The number of hydrogen-bond acceptors (Lipinski definition) is 2. The van der Waals surface area contributed by atoms with Crippen LogP contribution in [0.2, 0.25) is 0 Å². The summed E-state index contributed by atoms with van der Waals surface area (Å²) in [6, 6.07) is 10.7. The molecule has 0 heterocycles. The Bertz CT molecular complexity index is 651. The van der Waals surface area contributed by atoms with Gasteiger partial charge in [-0.2, -0.15) is 5.10 Å². The lowest BCUT2D eigenvalue weighted by molar-refractivity contribution is 1.02. The quantitative estimate of drug-likeness (QED) is 0.491. The highest BCUT2D eigenvalue weighted by molar-refractivity contribution is 7.80. The van der Waals surface area contributed by atoms with Crippen molar-refractivity contribution in [2.45, 2.75) is 12.8 Å². The lowest BCUT2D eigenvalue weighted by Crippen LogP contribution is -2.24. The molecule has 0 spiro atoms. The highest BCUT2D eigenvalue weighted by Gasteiger charge is 2.14. The van der Waals surface area contributed by atoms with E-state index >= 15 is 0 Å². The van der Waals surface area contributed by atoms with Gasteiger partial charge in [0.1, 0.15) is 0 Å². The van der Waals surface area contributed by atoms with E-state index in [0.717, 1.165) is 18.4 Å². The zero-order chi connectivity index (χ0) is 12.5. The van der Waals surface area contributed by atoms with Crippen LogP contribution in [0.5, 0.6) is 0 Å². The minimum absolute atomic E-state index is 0.178. The van der Waals surface area contributed by atoms with E-state index < -0.39 is 0 Å². The molecule has 2 aromatic carbocycles. The second-order valence-electron chi connectivity index (χ2n) is 4.39. The van der Waals surface area contributed by atoms with Crippen molar-refractivity contribution in [3.8, 4) is 0 Å². The van der Waals surface area contributed by atoms with Crippen LogP contribution in [0.3, 0.4) is 0 Å². The average molecular weight is 255 g/mol. The Morgan fingerprint density at radius 2 is 2.00 bits per heavy atom. The number of aryl methyl sites for hydroxylation is 2. The summed E-state index contributed by atoms with van der Waals surface area (Å²) in [4.78, 5) is 0. The first-order valence-electron chi connectivity index (χ1n) is 5.88. The highest BCUT2D eigenvalue weighted by Crippen LogP contribution is 2.32. The maximum Gasteiger partial charge on any atom is 0.184 e. The Morgan fingerprint density at radius 3 is 2.78 bits per heavy atom. The number of hydrazone groups is 1. The molecule has 1 aliphatic rings. The molecule has 0 saturated heterocycles. The van der Waals surface area contributed by atoms with Crippen LogP contribution in [-0.2, 0) is 12.8 Å². The van der Waals surface area contributed by atoms with Gasteiger partial charge in [-0.25, -0.2) is 0 Å². The predicted molar refractivity (Wildman–Crippen MR) is 78.9 cm³/mol. The molecule has 0 fully saturated rings. The number of benzene rings is 2. The smallest absolute Gasteiger partial charge is 0.184 e. The van der Waals surface area contributed by atoms with Crippen molar-refractivity contribution in [1.29, 1.82) is 0 Å². The van der Waals surface area contributed by atoms with Crippen LogP contribution in [-0.4, -0.2) is 11.3 Å². The second-order valence-corrected chi connectivity index (χ2v) is 4.83. The maximum atomic E-state index is 5.33. The minimum atomic E-state index is 0.178. The SMILES string of the molecule is NC(=S)N/N=C\c1ccc2c3c(cccc13)CC2. The molecule has 0 atom stereocenters. The summed E-state index contributed by atoms with van der Waals surface area (Å²) in [5.41, 5.74) is 11.9. The van der Waals surface area contributed by atoms with Crippen molar-refractivity contribution in [2.75, 3.05) is 0 Å². The van der Waals surface area contributed by atoms with Crippen molar-refractivity contribution in [1.82, 2.24) is 5.43 Å². The van der Waals surface area contributed by atoms with Gasteiger partial charge in [-0.05, 0) is 47.0 Å². The van der Waals surface area contributed by atoms with Crippen LogP contribution in [0.1, 0.15) is 16.7 Å². The van der Waals surface area contributed by atoms with Crippen LogP contribution in [0.15, 0.2) is 35.4 Å². The Labute approximate surface area is 111 Å². The summed E-state index contributed by atoms with van der Waals surface area (Å²) in [7, 11) is 0. The molecule has 0 aromatic heterocycles. The van der Waals surface area contributed by atoms with Crippen LogP contribution in [0.25, 0.3) is 10.8 Å². The van der Waals surface area contributed by atoms with E-state index in [1.807, 2.05) is 0 Å². The van der Waals surface area contributed by atoms with Crippen molar-refractivity contribution < 1.29 is 0 Å². The topological polar surface area (TPSA) is 50.4 Å². The number of thiocarbonyl (C=S) groups is 1. The fourth-order valence-corrected chi connectivity index (χ4v) is 2.60.